The molecular weight excluding hydrogens is 176 g/mol. The third kappa shape index (κ3) is 3.55. The summed E-state index contributed by atoms with van der Waals surface area (Å²) in [6.45, 7) is 4.58. The van der Waals surface area contributed by atoms with Gasteiger partial charge in [0.2, 0.25) is 0 Å². The van der Waals surface area contributed by atoms with Crippen LogP contribution in [0.4, 0.5) is 0 Å². The van der Waals surface area contributed by atoms with Gasteiger partial charge in [-0.15, -0.1) is 0 Å². The fraction of sp³-hybridized carbons (Fsp3) is 0.300. The van der Waals surface area contributed by atoms with Crippen LogP contribution in [0.25, 0.3) is 0 Å². The molecule has 4 heteroatoms. The van der Waals surface area contributed by atoms with Gasteiger partial charge in [-0.05, 0) is 25.5 Å². The molecule has 0 aromatic carbocycles. The average molecular weight is 192 g/mol. The molecule has 1 aromatic rings. The SMILES string of the molecule is Cc1ccc(C)[nH]c(CNN)cnc1. The summed E-state index contributed by atoms with van der Waals surface area (Å²) in [6, 6.07) is 4.02. The zero-order valence-corrected chi connectivity index (χ0v) is 8.54. The molecule has 0 unspecified atom stereocenters. The van der Waals surface area contributed by atoms with Crippen molar-refractivity contribution < 1.29 is 0 Å². The second-order valence-corrected chi connectivity index (χ2v) is 3.20. The largest absolute Gasteiger partial charge is 0.360 e. The van der Waals surface area contributed by atoms with Crippen LogP contribution in [0.1, 0.15) is 17.0 Å². The van der Waals surface area contributed by atoms with Gasteiger partial charge in [0.15, 0.2) is 0 Å². The van der Waals surface area contributed by atoms with Crippen molar-refractivity contribution >= 4 is 0 Å². The number of hydrazine groups is 1. The maximum Gasteiger partial charge on any atom is 0.0515 e. The average Bonchev–Trinajstić information content (AvgIpc) is 2.20. The zero-order valence-electron chi connectivity index (χ0n) is 8.54. The number of hydrogen-bond acceptors (Lipinski definition) is 3. The highest BCUT2D eigenvalue weighted by atomic mass is 15.2. The van der Waals surface area contributed by atoms with Crippen LogP contribution in [0.3, 0.4) is 0 Å². The van der Waals surface area contributed by atoms with Crippen LogP contribution in [0.5, 0.6) is 0 Å². The smallest absolute Gasteiger partial charge is 0.0515 e. The molecule has 4 N–H and O–H groups in total. The maximum absolute atomic E-state index is 5.25. The van der Waals surface area contributed by atoms with E-state index in [4.69, 9.17) is 5.84 Å². The van der Waals surface area contributed by atoms with Crippen LogP contribution in [-0.4, -0.2) is 9.97 Å². The maximum atomic E-state index is 5.25. The first-order valence-corrected chi connectivity index (χ1v) is 4.50. The topological polar surface area (TPSA) is 66.7 Å². The van der Waals surface area contributed by atoms with Crippen LogP contribution in [-0.2, 0) is 6.54 Å². The number of H-pyrrole nitrogens is 1. The Morgan fingerprint density at radius 3 is 2.86 bits per heavy atom. The molecular formula is C10H16N4. The fourth-order valence-corrected chi connectivity index (χ4v) is 1.07. The highest BCUT2D eigenvalue weighted by Gasteiger charge is 1.87. The Balaban J connectivity index is 3.17. The van der Waals surface area contributed by atoms with E-state index < -0.39 is 0 Å². The van der Waals surface area contributed by atoms with Gasteiger partial charge >= 0.3 is 0 Å². The molecule has 1 rings (SSSR count). The molecule has 0 bridgehead atoms. The molecule has 0 aliphatic carbocycles. The van der Waals surface area contributed by atoms with Crippen molar-refractivity contribution in [2.75, 3.05) is 0 Å². The number of nitrogens with one attached hydrogen (secondary N) is 2. The minimum absolute atomic E-state index is 0.571. The van der Waals surface area contributed by atoms with E-state index in [9.17, 15) is 0 Å². The number of hydrogen-bond donors (Lipinski definition) is 3. The fourth-order valence-electron chi connectivity index (χ4n) is 1.07. The second-order valence-electron chi connectivity index (χ2n) is 3.20. The Morgan fingerprint density at radius 2 is 2.14 bits per heavy atom. The predicted octanol–water partition coefficient (Wildman–Crippen LogP) is 1.11. The van der Waals surface area contributed by atoms with Gasteiger partial charge in [-0.2, -0.15) is 0 Å². The molecule has 14 heavy (non-hydrogen) atoms. The molecule has 0 saturated carbocycles. The summed E-state index contributed by atoms with van der Waals surface area (Å²) in [5.41, 5.74) is 5.72. The Hall–Kier alpha value is -1.39. The van der Waals surface area contributed by atoms with Crippen LogP contribution >= 0.6 is 0 Å². The van der Waals surface area contributed by atoms with E-state index in [1.807, 2.05) is 32.2 Å². The highest BCUT2D eigenvalue weighted by molar-refractivity contribution is 5.09. The lowest BCUT2D eigenvalue weighted by Gasteiger charge is -1.97. The summed E-state index contributed by atoms with van der Waals surface area (Å²) in [4.78, 5) is 7.36. The molecule has 76 valence electrons. The lowest BCUT2D eigenvalue weighted by molar-refractivity contribution is 0.719. The van der Waals surface area contributed by atoms with Gasteiger partial charge in [-0.25, -0.2) is 0 Å². The zero-order chi connectivity index (χ0) is 10.4. The number of nitrogens with zero attached hydrogens (tertiary/aromatic N) is 1. The summed E-state index contributed by atoms with van der Waals surface area (Å²) in [5, 5.41) is 0. The summed E-state index contributed by atoms with van der Waals surface area (Å²) in [6.07, 6.45) is 3.58. The van der Waals surface area contributed by atoms with Crippen LogP contribution in [0.2, 0.25) is 0 Å². The van der Waals surface area contributed by atoms with E-state index in [1.165, 1.54) is 0 Å². The molecule has 0 radical (unpaired) electrons. The molecule has 0 atom stereocenters. The van der Waals surface area contributed by atoms with Gasteiger partial charge in [-0.3, -0.25) is 16.3 Å². The lowest BCUT2D eigenvalue weighted by atomic mass is 10.3. The molecule has 4 nitrogen and oxygen atoms in total. The Bertz CT molecular complexity index is 342. The Morgan fingerprint density at radius 1 is 1.36 bits per heavy atom. The van der Waals surface area contributed by atoms with Crippen molar-refractivity contribution in [2.24, 2.45) is 5.84 Å². The van der Waals surface area contributed by atoms with Crippen molar-refractivity contribution in [1.82, 2.24) is 15.4 Å². The van der Waals surface area contributed by atoms with Crippen LogP contribution in [0.15, 0.2) is 24.5 Å². The number of aryl methyl sites for hydroxylation is 2. The highest BCUT2D eigenvalue weighted by Crippen LogP contribution is 1.95. The third-order valence-corrected chi connectivity index (χ3v) is 1.76. The van der Waals surface area contributed by atoms with Gasteiger partial charge in [0.1, 0.15) is 0 Å². The van der Waals surface area contributed by atoms with Crippen molar-refractivity contribution in [1.29, 1.82) is 0 Å². The molecule has 0 amide bonds. The van der Waals surface area contributed by atoms with Gasteiger partial charge in [0.25, 0.3) is 0 Å². The Kier molecular flexibility index (Phi) is 4.10. The first-order chi connectivity index (χ1) is 6.72. The van der Waals surface area contributed by atoms with Crippen LogP contribution < -0.4 is 11.3 Å². The summed E-state index contributed by atoms with van der Waals surface area (Å²) >= 11 is 0. The van der Waals surface area contributed by atoms with Crippen LogP contribution in [0, 0.1) is 13.8 Å². The minimum atomic E-state index is 0.571. The minimum Gasteiger partial charge on any atom is -0.360 e. The molecule has 1 aromatic heterocycles. The lowest BCUT2D eigenvalue weighted by Crippen LogP contribution is -2.21. The Labute approximate surface area is 83.9 Å². The molecule has 0 fully saturated rings. The van der Waals surface area contributed by atoms with E-state index in [2.05, 4.69) is 15.4 Å². The van der Waals surface area contributed by atoms with E-state index in [1.54, 1.807) is 6.20 Å². The van der Waals surface area contributed by atoms with E-state index >= 15 is 0 Å². The molecule has 0 saturated heterocycles. The standard InChI is InChI=1S/C10H16N4/c1-8-3-4-9(2)14-10(7-13-11)6-12-5-8/h3-6,13-14H,7,11H2,1-2H3. The van der Waals surface area contributed by atoms with Crippen molar-refractivity contribution in [2.45, 2.75) is 20.4 Å². The third-order valence-electron chi connectivity index (χ3n) is 1.76. The van der Waals surface area contributed by atoms with E-state index in [0.717, 1.165) is 17.0 Å². The first kappa shape index (κ1) is 10.7. The van der Waals surface area contributed by atoms with Crippen molar-refractivity contribution in [3.63, 3.8) is 0 Å². The molecule has 1 heterocycles. The normalized spacial score (nSPS) is 9.64. The monoisotopic (exact) mass is 192 g/mol. The summed E-state index contributed by atoms with van der Waals surface area (Å²) in [7, 11) is 0. The molecule has 0 aliphatic heterocycles. The van der Waals surface area contributed by atoms with Gasteiger partial charge in [-0.1, -0.05) is 6.07 Å². The van der Waals surface area contributed by atoms with Gasteiger partial charge in [0.05, 0.1) is 6.54 Å². The second kappa shape index (κ2) is 5.36. The quantitative estimate of drug-likeness (QED) is 0.486. The number of aromatic nitrogens is 2. The van der Waals surface area contributed by atoms with E-state index in [-0.39, 0.29) is 0 Å². The predicted molar refractivity (Wildman–Crippen MR) is 56.7 cm³/mol. The summed E-state index contributed by atoms with van der Waals surface area (Å²) < 4.78 is 0. The molecule has 0 spiro atoms. The number of rotatable bonds is 2. The number of aromatic amines is 1. The van der Waals surface area contributed by atoms with Gasteiger partial charge in [0, 0.05) is 23.8 Å². The number of nitrogens with two attached hydrogens (primary N) is 1. The first-order valence-electron chi connectivity index (χ1n) is 4.50. The van der Waals surface area contributed by atoms with Crippen molar-refractivity contribution in [3.05, 3.63) is 41.5 Å². The van der Waals surface area contributed by atoms with E-state index in [0.29, 0.717) is 6.54 Å². The van der Waals surface area contributed by atoms with Crippen molar-refractivity contribution in [3.8, 4) is 0 Å². The summed E-state index contributed by atoms with van der Waals surface area (Å²) in [5.74, 6) is 5.25. The molecule has 0 aliphatic rings. The van der Waals surface area contributed by atoms with Gasteiger partial charge < -0.3 is 4.98 Å².